The number of para-hydroxylation sites is 2. The first-order valence-electron chi connectivity index (χ1n) is 14.0. The van der Waals surface area contributed by atoms with Gasteiger partial charge in [-0.3, -0.25) is 0 Å². The van der Waals surface area contributed by atoms with Gasteiger partial charge in [0.15, 0.2) is 0 Å². The molecular weight excluding hydrogens is 522 g/mol. The van der Waals surface area contributed by atoms with Crippen LogP contribution in [0.3, 0.4) is 0 Å². The fourth-order valence-electron chi connectivity index (χ4n) is 5.12. The molecule has 0 aliphatic carbocycles. The monoisotopic (exact) mass is 563 g/mol. The molecule has 3 heteroatoms. The van der Waals surface area contributed by atoms with Gasteiger partial charge < -0.3 is 16.0 Å². The molecule has 0 bridgehead atoms. The second-order valence-electron chi connectivity index (χ2n) is 10.3. The first kappa shape index (κ1) is 30.7. The van der Waals surface area contributed by atoms with Crippen LogP contribution in [-0.2, 0) is 0 Å². The Hall–Kier alpha value is -5.28. The number of nitrogens with one attached hydrogen (secondary N) is 3. The van der Waals surface area contributed by atoms with E-state index < -0.39 is 0 Å². The van der Waals surface area contributed by atoms with Crippen LogP contribution in [0.2, 0.25) is 0 Å². The quantitative estimate of drug-likeness (QED) is 0.153. The molecule has 0 aliphatic rings. The van der Waals surface area contributed by atoms with Crippen LogP contribution in [0.1, 0.15) is 43.0 Å². The molecule has 0 aliphatic heterocycles. The summed E-state index contributed by atoms with van der Waals surface area (Å²) in [4.78, 5) is 0. The van der Waals surface area contributed by atoms with Gasteiger partial charge in [-0.05, 0) is 102 Å². The van der Waals surface area contributed by atoms with E-state index in [0.717, 1.165) is 34.1 Å². The van der Waals surface area contributed by atoms with Gasteiger partial charge >= 0.3 is 0 Å². The lowest BCUT2D eigenvalue weighted by Gasteiger charge is -2.21. The Labute approximate surface area is 257 Å². The minimum atomic E-state index is 0. The Morgan fingerprint density at radius 3 is 1.05 bits per heavy atom. The minimum absolute atomic E-state index is 0. The number of hydrogen-bond acceptors (Lipinski definition) is 3. The number of anilines is 6. The summed E-state index contributed by atoms with van der Waals surface area (Å²) in [6.45, 7) is 2.11. The average Bonchev–Trinajstić information content (AvgIpc) is 3.01. The standard InChI is InChI=1S/C38H33N3.2CH4/c1-28-9-8-14-37(27-28)41-36-25-19-31(20-26-36)38(29-15-21-34(22-16-29)39-32-10-4-2-5-11-32)30-17-23-35(24-18-30)40-33-12-6-3-7-13-33;;/h2-27,38-41H,1H3;2*1H4. The third kappa shape index (κ3) is 7.93. The molecule has 3 nitrogen and oxygen atoms in total. The summed E-state index contributed by atoms with van der Waals surface area (Å²) in [6, 6.07) is 55.3. The maximum atomic E-state index is 3.54. The van der Waals surface area contributed by atoms with Crippen LogP contribution < -0.4 is 16.0 Å². The van der Waals surface area contributed by atoms with Crippen LogP contribution in [0, 0.1) is 6.92 Å². The number of hydrogen-bond donors (Lipinski definition) is 3. The van der Waals surface area contributed by atoms with E-state index in [0.29, 0.717) is 0 Å². The SMILES string of the molecule is C.C.Cc1cccc(Nc2ccc(C(c3ccc(Nc4ccccc4)cc3)c3ccc(Nc4ccccc4)cc3)cc2)c1. The Kier molecular flexibility index (Phi) is 10.4. The van der Waals surface area contributed by atoms with Crippen LogP contribution in [-0.4, -0.2) is 0 Å². The topological polar surface area (TPSA) is 36.1 Å². The summed E-state index contributed by atoms with van der Waals surface area (Å²) < 4.78 is 0. The molecule has 0 heterocycles. The van der Waals surface area contributed by atoms with Gasteiger partial charge in [0.1, 0.15) is 0 Å². The maximum absolute atomic E-state index is 3.54. The minimum Gasteiger partial charge on any atom is -0.356 e. The molecule has 216 valence electrons. The van der Waals surface area contributed by atoms with Crippen molar-refractivity contribution in [2.45, 2.75) is 27.7 Å². The predicted molar refractivity (Wildman–Crippen MR) is 188 cm³/mol. The Morgan fingerprint density at radius 1 is 0.349 bits per heavy atom. The molecule has 0 aromatic heterocycles. The van der Waals surface area contributed by atoms with Crippen LogP contribution in [0.15, 0.2) is 158 Å². The van der Waals surface area contributed by atoms with Crippen molar-refractivity contribution in [3.63, 3.8) is 0 Å². The third-order valence-electron chi connectivity index (χ3n) is 7.16. The Balaban J connectivity index is 0.00000212. The lowest BCUT2D eigenvalue weighted by Crippen LogP contribution is -2.04. The summed E-state index contributed by atoms with van der Waals surface area (Å²) in [5.74, 6) is 0.0968. The fourth-order valence-corrected chi connectivity index (χ4v) is 5.12. The summed E-state index contributed by atoms with van der Waals surface area (Å²) in [7, 11) is 0. The van der Waals surface area contributed by atoms with E-state index in [2.05, 4.69) is 144 Å². The van der Waals surface area contributed by atoms with Crippen molar-refractivity contribution in [2.75, 3.05) is 16.0 Å². The van der Waals surface area contributed by atoms with Crippen molar-refractivity contribution in [1.29, 1.82) is 0 Å². The van der Waals surface area contributed by atoms with E-state index in [4.69, 9.17) is 0 Å². The zero-order chi connectivity index (χ0) is 27.9. The molecule has 0 radical (unpaired) electrons. The van der Waals surface area contributed by atoms with Crippen molar-refractivity contribution < 1.29 is 0 Å². The van der Waals surface area contributed by atoms with Crippen molar-refractivity contribution >= 4 is 34.1 Å². The molecular formula is C40H41N3. The molecule has 0 fully saturated rings. The molecule has 0 atom stereocenters. The molecule has 0 saturated carbocycles. The zero-order valence-electron chi connectivity index (χ0n) is 23.1. The van der Waals surface area contributed by atoms with Crippen molar-refractivity contribution in [3.05, 3.63) is 180 Å². The maximum Gasteiger partial charge on any atom is 0.0386 e. The third-order valence-corrected chi connectivity index (χ3v) is 7.16. The van der Waals surface area contributed by atoms with Gasteiger partial charge in [0.2, 0.25) is 0 Å². The van der Waals surface area contributed by atoms with E-state index in [1.807, 2.05) is 36.4 Å². The number of aryl methyl sites for hydroxylation is 1. The summed E-state index contributed by atoms with van der Waals surface area (Å²) in [5.41, 5.74) is 11.4. The molecule has 0 saturated heterocycles. The van der Waals surface area contributed by atoms with Gasteiger partial charge in [-0.1, -0.05) is 99.8 Å². The van der Waals surface area contributed by atoms with Gasteiger partial charge in [0, 0.05) is 40.0 Å². The molecule has 6 aromatic carbocycles. The molecule has 6 aromatic rings. The van der Waals surface area contributed by atoms with Crippen molar-refractivity contribution in [3.8, 4) is 0 Å². The zero-order valence-corrected chi connectivity index (χ0v) is 23.1. The van der Waals surface area contributed by atoms with Crippen LogP contribution >= 0.6 is 0 Å². The van der Waals surface area contributed by atoms with E-state index in [9.17, 15) is 0 Å². The summed E-state index contributed by atoms with van der Waals surface area (Å²) in [5, 5.41) is 10.5. The largest absolute Gasteiger partial charge is 0.356 e. The van der Waals surface area contributed by atoms with Gasteiger partial charge in [0.25, 0.3) is 0 Å². The van der Waals surface area contributed by atoms with Gasteiger partial charge in [-0.2, -0.15) is 0 Å². The summed E-state index contributed by atoms with van der Waals surface area (Å²) >= 11 is 0. The van der Waals surface area contributed by atoms with Gasteiger partial charge in [-0.25, -0.2) is 0 Å². The highest BCUT2D eigenvalue weighted by molar-refractivity contribution is 5.64. The first-order valence-corrected chi connectivity index (χ1v) is 14.0. The second kappa shape index (κ2) is 14.6. The lowest BCUT2D eigenvalue weighted by atomic mass is 9.85. The van der Waals surface area contributed by atoms with Crippen LogP contribution in [0.4, 0.5) is 34.1 Å². The average molecular weight is 564 g/mol. The van der Waals surface area contributed by atoms with Gasteiger partial charge in [0.05, 0.1) is 0 Å². The molecule has 0 spiro atoms. The van der Waals surface area contributed by atoms with E-state index in [-0.39, 0.29) is 20.8 Å². The predicted octanol–water partition coefficient (Wildman–Crippen LogP) is 11.7. The normalized spacial score (nSPS) is 10.3. The first-order chi connectivity index (χ1) is 20.2. The number of benzene rings is 6. The van der Waals surface area contributed by atoms with E-state index in [1.54, 1.807) is 0 Å². The second-order valence-corrected chi connectivity index (χ2v) is 10.3. The molecule has 3 N–H and O–H groups in total. The lowest BCUT2D eigenvalue weighted by molar-refractivity contribution is 0.978. The molecule has 0 unspecified atom stereocenters. The Morgan fingerprint density at radius 2 is 0.674 bits per heavy atom. The highest BCUT2D eigenvalue weighted by atomic mass is 14.9. The fraction of sp³-hybridized carbons (Fsp3) is 0.100. The molecule has 0 amide bonds. The summed E-state index contributed by atoms with van der Waals surface area (Å²) in [6.07, 6.45) is 0. The van der Waals surface area contributed by atoms with E-state index in [1.165, 1.54) is 22.3 Å². The van der Waals surface area contributed by atoms with Crippen LogP contribution in [0.25, 0.3) is 0 Å². The van der Waals surface area contributed by atoms with Crippen LogP contribution in [0.5, 0.6) is 0 Å². The highest BCUT2D eigenvalue weighted by Crippen LogP contribution is 2.35. The molecule has 6 rings (SSSR count). The van der Waals surface area contributed by atoms with Gasteiger partial charge in [-0.15, -0.1) is 0 Å². The van der Waals surface area contributed by atoms with Crippen molar-refractivity contribution in [1.82, 2.24) is 0 Å². The van der Waals surface area contributed by atoms with E-state index >= 15 is 0 Å². The van der Waals surface area contributed by atoms with Crippen molar-refractivity contribution in [2.24, 2.45) is 0 Å². The Bertz CT molecular complexity index is 1590. The smallest absolute Gasteiger partial charge is 0.0386 e. The number of rotatable bonds is 9. The molecule has 43 heavy (non-hydrogen) atoms. The highest BCUT2D eigenvalue weighted by Gasteiger charge is 2.17.